The molecule has 0 radical (unpaired) electrons. The lowest BCUT2D eigenvalue weighted by atomic mass is 10.1. The molecule has 1 heterocycles. The van der Waals surface area contributed by atoms with E-state index in [4.69, 9.17) is 4.74 Å². The van der Waals surface area contributed by atoms with Crippen molar-refractivity contribution in [1.82, 2.24) is 0 Å². The maximum absolute atomic E-state index is 5.72. The van der Waals surface area contributed by atoms with Crippen LogP contribution in [0.4, 0.5) is 0 Å². The molecule has 0 bridgehead atoms. The minimum atomic E-state index is 0.533. The molecule has 1 nitrogen and oxygen atoms in total. The molecule has 17 heavy (non-hydrogen) atoms. The molecule has 0 amide bonds. The summed E-state index contributed by atoms with van der Waals surface area (Å²) >= 11 is 2.05. The molecule has 94 valence electrons. The summed E-state index contributed by atoms with van der Waals surface area (Å²) in [5.74, 6) is 2.45. The summed E-state index contributed by atoms with van der Waals surface area (Å²) in [7, 11) is 0. The van der Waals surface area contributed by atoms with E-state index in [0.717, 1.165) is 6.61 Å². The van der Waals surface area contributed by atoms with Crippen molar-refractivity contribution < 1.29 is 4.74 Å². The van der Waals surface area contributed by atoms with Crippen LogP contribution in [0.1, 0.15) is 31.2 Å². The Morgan fingerprint density at radius 1 is 1.18 bits per heavy atom. The quantitative estimate of drug-likeness (QED) is 0.708. The van der Waals surface area contributed by atoms with E-state index in [9.17, 15) is 0 Å². The first-order valence-electron chi connectivity index (χ1n) is 6.68. The molecule has 2 heteroatoms. The van der Waals surface area contributed by atoms with Crippen molar-refractivity contribution in [3.05, 3.63) is 35.9 Å². The SMILES string of the molecule is c1ccc(CCCSCC2CCCCO2)cc1. The van der Waals surface area contributed by atoms with Crippen LogP contribution in [0, 0.1) is 0 Å². The van der Waals surface area contributed by atoms with Crippen LogP contribution in [0.25, 0.3) is 0 Å². The third-order valence-electron chi connectivity index (χ3n) is 3.17. The van der Waals surface area contributed by atoms with E-state index >= 15 is 0 Å². The predicted molar refractivity (Wildman–Crippen MR) is 75.7 cm³/mol. The number of rotatable bonds is 6. The lowest BCUT2D eigenvalue weighted by Gasteiger charge is -2.22. The molecule has 0 aromatic heterocycles. The second-order valence-electron chi connectivity index (χ2n) is 4.65. The zero-order chi connectivity index (χ0) is 11.8. The largest absolute Gasteiger partial charge is 0.377 e. The third kappa shape index (κ3) is 5.13. The fraction of sp³-hybridized carbons (Fsp3) is 0.600. The van der Waals surface area contributed by atoms with Gasteiger partial charge in [-0.2, -0.15) is 11.8 Å². The zero-order valence-electron chi connectivity index (χ0n) is 10.4. The Hall–Kier alpha value is -0.470. The maximum atomic E-state index is 5.72. The van der Waals surface area contributed by atoms with E-state index in [-0.39, 0.29) is 0 Å². The first kappa shape index (κ1) is 13.0. The molecule has 1 atom stereocenters. The van der Waals surface area contributed by atoms with E-state index < -0.39 is 0 Å². The molecule has 0 N–H and O–H groups in total. The molecule has 1 saturated heterocycles. The highest BCUT2D eigenvalue weighted by Crippen LogP contribution is 2.18. The van der Waals surface area contributed by atoms with Gasteiger partial charge in [0.05, 0.1) is 6.10 Å². The summed E-state index contributed by atoms with van der Waals surface area (Å²) in [4.78, 5) is 0. The van der Waals surface area contributed by atoms with Crippen molar-refractivity contribution in [2.24, 2.45) is 0 Å². The van der Waals surface area contributed by atoms with Crippen molar-refractivity contribution >= 4 is 11.8 Å². The first-order valence-corrected chi connectivity index (χ1v) is 7.84. The summed E-state index contributed by atoms with van der Waals surface area (Å²) in [6.45, 7) is 0.981. The van der Waals surface area contributed by atoms with E-state index in [0.29, 0.717) is 6.10 Å². The van der Waals surface area contributed by atoms with Gasteiger partial charge in [0.2, 0.25) is 0 Å². The average molecular weight is 250 g/mol. The Bertz CT molecular complexity index is 293. The molecule has 2 rings (SSSR count). The zero-order valence-corrected chi connectivity index (χ0v) is 11.3. The maximum Gasteiger partial charge on any atom is 0.0665 e. The summed E-state index contributed by atoms with van der Waals surface area (Å²) in [6.07, 6.45) is 6.90. The molecule has 1 aliphatic rings. The van der Waals surface area contributed by atoms with Crippen LogP contribution < -0.4 is 0 Å². The van der Waals surface area contributed by atoms with Gasteiger partial charge in [0.1, 0.15) is 0 Å². The number of aryl methyl sites for hydroxylation is 1. The van der Waals surface area contributed by atoms with Gasteiger partial charge in [-0.3, -0.25) is 0 Å². The van der Waals surface area contributed by atoms with Gasteiger partial charge in [0, 0.05) is 12.4 Å². The highest BCUT2D eigenvalue weighted by Gasteiger charge is 2.12. The molecule has 1 aliphatic heterocycles. The van der Waals surface area contributed by atoms with E-state index in [1.807, 2.05) is 0 Å². The first-order chi connectivity index (χ1) is 8.45. The molecule has 1 unspecified atom stereocenters. The summed E-state index contributed by atoms with van der Waals surface area (Å²) in [5.41, 5.74) is 1.46. The number of benzene rings is 1. The van der Waals surface area contributed by atoms with Crippen molar-refractivity contribution in [1.29, 1.82) is 0 Å². The van der Waals surface area contributed by atoms with Crippen molar-refractivity contribution in [2.45, 2.75) is 38.2 Å². The van der Waals surface area contributed by atoms with Gasteiger partial charge in [-0.1, -0.05) is 30.3 Å². The minimum Gasteiger partial charge on any atom is -0.377 e. The van der Waals surface area contributed by atoms with E-state index in [1.165, 1.54) is 49.2 Å². The lowest BCUT2D eigenvalue weighted by molar-refractivity contribution is 0.0315. The van der Waals surface area contributed by atoms with Gasteiger partial charge in [-0.25, -0.2) is 0 Å². The standard InChI is InChI=1S/C15H22OS/c1-2-7-14(8-3-1)9-6-12-17-13-15-10-4-5-11-16-15/h1-3,7-8,15H,4-6,9-13H2. The van der Waals surface area contributed by atoms with Gasteiger partial charge in [-0.15, -0.1) is 0 Å². The average Bonchev–Trinajstić information content (AvgIpc) is 2.41. The molecular weight excluding hydrogens is 228 g/mol. The monoisotopic (exact) mass is 250 g/mol. The van der Waals surface area contributed by atoms with Crippen LogP contribution in [0.15, 0.2) is 30.3 Å². The van der Waals surface area contributed by atoms with Gasteiger partial charge in [0.15, 0.2) is 0 Å². The number of hydrogen-bond acceptors (Lipinski definition) is 2. The van der Waals surface area contributed by atoms with Crippen molar-refractivity contribution in [3.63, 3.8) is 0 Å². The molecule has 1 aromatic carbocycles. The number of ether oxygens (including phenoxy) is 1. The second-order valence-corrected chi connectivity index (χ2v) is 5.80. The summed E-state index contributed by atoms with van der Waals surface area (Å²) in [5, 5.41) is 0. The Labute approximate surface area is 109 Å². The molecule has 0 spiro atoms. The van der Waals surface area contributed by atoms with Gasteiger partial charge < -0.3 is 4.74 Å². The van der Waals surface area contributed by atoms with Crippen LogP contribution in [0.3, 0.4) is 0 Å². The molecule has 0 saturated carbocycles. The molecule has 1 aromatic rings. The Kier molecular flexibility index (Phi) is 5.94. The number of hydrogen-bond donors (Lipinski definition) is 0. The van der Waals surface area contributed by atoms with Crippen LogP contribution in [0.5, 0.6) is 0 Å². The van der Waals surface area contributed by atoms with Crippen LogP contribution >= 0.6 is 11.8 Å². The van der Waals surface area contributed by atoms with Gasteiger partial charge >= 0.3 is 0 Å². The molecule has 0 aliphatic carbocycles. The van der Waals surface area contributed by atoms with Gasteiger partial charge in [0.25, 0.3) is 0 Å². The smallest absolute Gasteiger partial charge is 0.0665 e. The highest BCUT2D eigenvalue weighted by molar-refractivity contribution is 7.99. The Morgan fingerprint density at radius 3 is 2.82 bits per heavy atom. The topological polar surface area (TPSA) is 9.23 Å². The Morgan fingerprint density at radius 2 is 2.06 bits per heavy atom. The van der Waals surface area contributed by atoms with Crippen molar-refractivity contribution in [2.75, 3.05) is 18.1 Å². The van der Waals surface area contributed by atoms with Crippen molar-refractivity contribution in [3.8, 4) is 0 Å². The number of thioether (sulfide) groups is 1. The highest BCUT2D eigenvalue weighted by atomic mass is 32.2. The molecular formula is C15H22OS. The fourth-order valence-corrected chi connectivity index (χ4v) is 3.22. The third-order valence-corrected chi connectivity index (χ3v) is 4.36. The fourth-order valence-electron chi connectivity index (χ4n) is 2.18. The molecule has 1 fully saturated rings. The van der Waals surface area contributed by atoms with Crippen LogP contribution in [-0.4, -0.2) is 24.2 Å². The van der Waals surface area contributed by atoms with E-state index in [1.54, 1.807) is 0 Å². The van der Waals surface area contributed by atoms with Crippen LogP contribution in [-0.2, 0) is 11.2 Å². The second kappa shape index (κ2) is 7.78. The normalized spacial score (nSPS) is 20.4. The van der Waals surface area contributed by atoms with E-state index in [2.05, 4.69) is 42.1 Å². The predicted octanol–water partition coefficient (Wildman–Crippen LogP) is 3.92. The minimum absolute atomic E-state index is 0.533. The van der Waals surface area contributed by atoms with Crippen LogP contribution in [0.2, 0.25) is 0 Å². The summed E-state index contributed by atoms with van der Waals surface area (Å²) < 4.78 is 5.72. The van der Waals surface area contributed by atoms with Gasteiger partial charge in [-0.05, 0) is 43.4 Å². The Balaban J connectivity index is 1.51. The lowest BCUT2D eigenvalue weighted by Crippen LogP contribution is -2.21. The summed E-state index contributed by atoms with van der Waals surface area (Å²) in [6, 6.07) is 10.8.